The van der Waals surface area contributed by atoms with Crippen molar-refractivity contribution in [2.75, 3.05) is 7.05 Å². The van der Waals surface area contributed by atoms with E-state index in [1.165, 1.54) is 5.69 Å². The minimum atomic E-state index is 0.123. The van der Waals surface area contributed by atoms with Gasteiger partial charge in [-0.15, -0.1) is 0 Å². The molecule has 1 aromatic carbocycles. The molecule has 0 aliphatic carbocycles. The molecule has 1 unspecified atom stereocenters. The van der Waals surface area contributed by atoms with Crippen LogP contribution in [0.3, 0.4) is 0 Å². The van der Waals surface area contributed by atoms with Gasteiger partial charge in [0, 0.05) is 17.8 Å². The van der Waals surface area contributed by atoms with E-state index >= 15 is 0 Å². The van der Waals surface area contributed by atoms with Crippen molar-refractivity contribution in [3.63, 3.8) is 0 Å². The number of nitrogens with zero attached hydrogens (tertiary/aromatic N) is 2. The van der Waals surface area contributed by atoms with Crippen molar-refractivity contribution in [1.29, 1.82) is 0 Å². The molecule has 0 aliphatic rings. The lowest BCUT2D eigenvalue weighted by Gasteiger charge is -2.18. The van der Waals surface area contributed by atoms with Crippen molar-refractivity contribution in [2.24, 2.45) is 0 Å². The van der Waals surface area contributed by atoms with E-state index in [0.29, 0.717) is 0 Å². The Balaban J connectivity index is 2.36. The summed E-state index contributed by atoms with van der Waals surface area (Å²) in [7, 11) is 1.95. The Labute approximate surface area is 113 Å². The molecule has 0 spiro atoms. The standard InChI is InChI=1S/C14H18ClN3/c1-3-9-18-13(7-8-17-18)14(16-2)11-5-4-6-12(15)10-11/h4-8,10,14,16H,3,9H2,1-2H3. The van der Waals surface area contributed by atoms with Crippen molar-refractivity contribution in [1.82, 2.24) is 15.1 Å². The first kappa shape index (κ1) is 13.1. The highest BCUT2D eigenvalue weighted by molar-refractivity contribution is 6.30. The molecule has 0 radical (unpaired) electrons. The lowest BCUT2D eigenvalue weighted by Crippen LogP contribution is -2.21. The van der Waals surface area contributed by atoms with Gasteiger partial charge in [-0.1, -0.05) is 30.7 Å². The molecule has 1 N–H and O–H groups in total. The van der Waals surface area contributed by atoms with Crippen molar-refractivity contribution in [2.45, 2.75) is 25.9 Å². The molecule has 0 bridgehead atoms. The van der Waals surface area contributed by atoms with Gasteiger partial charge in [-0.3, -0.25) is 4.68 Å². The second-order valence-electron chi connectivity index (χ2n) is 4.26. The molecular formula is C14H18ClN3. The predicted octanol–water partition coefficient (Wildman–Crippen LogP) is 3.26. The van der Waals surface area contributed by atoms with Crippen molar-refractivity contribution in [3.8, 4) is 0 Å². The summed E-state index contributed by atoms with van der Waals surface area (Å²) >= 11 is 6.06. The summed E-state index contributed by atoms with van der Waals surface area (Å²) < 4.78 is 2.04. The summed E-state index contributed by atoms with van der Waals surface area (Å²) in [5.41, 5.74) is 2.32. The number of aromatic nitrogens is 2. The normalized spacial score (nSPS) is 12.6. The molecule has 0 aliphatic heterocycles. The number of benzene rings is 1. The Morgan fingerprint density at radius 2 is 2.22 bits per heavy atom. The zero-order valence-electron chi connectivity index (χ0n) is 10.7. The van der Waals surface area contributed by atoms with Gasteiger partial charge in [0.25, 0.3) is 0 Å². The molecule has 1 heterocycles. The van der Waals surface area contributed by atoms with Crippen LogP contribution in [0.2, 0.25) is 5.02 Å². The van der Waals surface area contributed by atoms with Crippen LogP contribution < -0.4 is 5.32 Å². The van der Waals surface area contributed by atoms with E-state index < -0.39 is 0 Å². The molecule has 96 valence electrons. The van der Waals surface area contributed by atoms with Gasteiger partial charge in [-0.05, 0) is 37.2 Å². The monoisotopic (exact) mass is 263 g/mol. The molecule has 4 heteroatoms. The van der Waals surface area contributed by atoms with E-state index in [1.807, 2.05) is 36.1 Å². The van der Waals surface area contributed by atoms with Gasteiger partial charge in [-0.2, -0.15) is 5.10 Å². The highest BCUT2D eigenvalue weighted by Gasteiger charge is 2.16. The van der Waals surface area contributed by atoms with Crippen LogP contribution in [0.25, 0.3) is 0 Å². The van der Waals surface area contributed by atoms with Crippen molar-refractivity contribution >= 4 is 11.6 Å². The van der Waals surface area contributed by atoms with Gasteiger partial charge in [0.05, 0.1) is 11.7 Å². The van der Waals surface area contributed by atoms with Crippen LogP contribution in [0, 0.1) is 0 Å². The number of nitrogens with one attached hydrogen (secondary N) is 1. The first-order valence-electron chi connectivity index (χ1n) is 6.20. The Morgan fingerprint density at radius 3 is 2.89 bits per heavy atom. The number of hydrogen-bond donors (Lipinski definition) is 1. The molecule has 0 fully saturated rings. The summed E-state index contributed by atoms with van der Waals surface area (Å²) in [5, 5.41) is 8.45. The maximum absolute atomic E-state index is 6.06. The highest BCUT2D eigenvalue weighted by Crippen LogP contribution is 2.24. The van der Waals surface area contributed by atoms with E-state index in [4.69, 9.17) is 11.6 Å². The molecule has 18 heavy (non-hydrogen) atoms. The smallest absolute Gasteiger partial charge is 0.0746 e. The molecule has 3 nitrogen and oxygen atoms in total. The molecule has 2 aromatic rings. The van der Waals surface area contributed by atoms with Gasteiger partial charge in [0.1, 0.15) is 0 Å². The van der Waals surface area contributed by atoms with Crippen LogP contribution >= 0.6 is 11.6 Å². The topological polar surface area (TPSA) is 29.9 Å². The second-order valence-corrected chi connectivity index (χ2v) is 4.69. The summed E-state index contributed by atoms with van der Waals surface area (Å²) in [6, 6.07) is 10.1. The first-order valence-corrected chi connectivity index (χ1v) is 6.58. The molecule has 1 aromatic heterocycles. The number of halogens is 1. The fraction of sp³-hybridized carbons (Fsp3) is 0.357. The SMILES string of the molecule is CCCn1nccc1C(NC)c1cccc(Cl)c1. The number of rotatable bonds is 5. The van der Waals surface area contributed by atoms with Gasteiger partial charge >= 0.3 is 0 Å². The average molecular weight is 264 g/mol. The summed E-state index contributed by atoms with van der Waals surface area (Å²) in [4.78, 5) is 0. The lowest BCUT2D eigenvalue weighted by molar-refractivity contribution is 0.534. The van der Waals surface area contributed by atoms with E-state index in [2.05, 4.69) is 29.5 Å². The predicted molar refractivity (Wildman–Crippen MR) is 74.9 cm³/mol. The van der Waals surface area contributed by atoms with Crippen LogP contribution in [-0.2, 0) is 6.54 Å². The third-order valence-electron chi connectivity index (χ3n) is 2.95. The molecule has 1 atom stereocenters. The molecule has 0 saturated carbocycles. The molecule has 0 saturated heterocycles. The fourth-order valence-electron chi connectivity index (χ4n) is 2.16. The van der Waals surface area contributed by atoms with Gasteiger partial charge in [0.2, 0.25) is 0 Å². The third-order valence-corrected chi connectivity index (χ3v) is 3.19. The van der Waals surface area contributed by atoms with E-state index in [9.17, 15) is 0 Å². The summed E-state index contributed by atoms with van der Waals surface area (Å²) in [6.07, 6.45) is 2.92. The molecular weight excluding hydrogens is 246 g/mol. The average Bonchev–Trinajstić information content (AvgIpc) is 2.79. The minimum Gasteiger partial charge on any atom is -0.308 e. The van der Waals surface area contributed by atoms with Crippen LogP contribution in [0.5, 0.6) is 0 Å². The summed E-state index contributed by atoms with van der Waals surface area (Å²) in [6.45, 7) is 3.08. The zero-order valence-corrected chi connectivity index (χ0v) is 11.5. The zero-order chi connectivity index (χ0) is 13.0. The maximum atomic E-state index is 6.06. The Hall–Kier alpha value is -1.32. The number of hydrogen-bond acceptors (Lipinski definition) is 2. The van der Waals surface area contributed by atoms with Gasteiger partial charge in [-0.25, -0.2) is 0 Å². The van der Waals surface area contributed by atoms with Crippen LogP contribution in [0.1, 0.15) is 30.6 Å². The Morgan fingerprint density at radius 1 is 1.39 bits per heavy atom. The first-order chi connectivity index (χ1) is 8.76. The van der Waals surface area contributed by atoms with Crippen LogP contribution in [0.4, 0.5) is 0 Å². The Bertz CT molecular complexity index is 507. The summed E-state index contributed by atoms with van der Waals surface area (Å²) in [5.74, 6) is 0. The highest BCUT2D eigenvalue weighted by atomic mass is 35.5. The molecule has 2 rings (SSSR count). The molecule has 0 amide bonds. The largest absolute Gasteiger partial charge is 0.308 e. The fourth-order valence-corrected chi connectivity index (χ4v) is 2.36. The van der Waals surface area contributed by atoms with E-state index in [0.717, 1.165) is 23.6 Å². The van der Waals surface area contributed by atoms with Crippen molar-refractivity contribution in [3.05, 3.63) is 52.8 Å². The quantitative estimate of drug-likeness (QED) is 0.897. The minimum absolute atomic E-state index is 0.123. The van der Waals surface area contributed by atoms with Gasteiger partial charge < -0.3 is 5.32 Å². The van der Waals surface area contributed by atoms with E-state index in [1.54, 1.807) is 0 Å². The second kappa shape index (κ2) is 6.03. The Kier molecular flexibility index (Phi) is 4.39. The number of aryl methyl sites for hydroxylation is 1. The van der Waals surface area contributed by atoms with Crippen LogP contribution in [0.15, 0.2) is 36.5 Å². The van der Waals surface area contributed by atoms with Crippen LogP contribution in [-0.4, -0.2) is 16.8 Å². The lowest BCUT2D eigenvalue weighted by atomic mass is 10.0. The van der Waals surface area contributed by atoms with Crippen molar-refractivity contribution < 1.29 is 0 Å². The maximum Gasteiger partial charge on any atom is 0.0746 e. The third kappa shape index (κ3) is 2.74. The van der Waals surface area contributed by atoms with E-state index in [-0.39, 0.29) is 6.04 Å². The van der Waals surface area contributed by atoms with Gasteiger partial charge in [0.15, 0.2) is 0 Å².